The maximum Gasteiger partial charge on any atom is 0.254 e. The number of benzene rings is 3. The molecule has 2 amide bonds. The van der Waals surface area contributed by atoms with Gasteiger partial charge in [0.2, 0.25) is 5.91 Å². The van der Waals surface area contributed by atoms with Gasteiger partial charge in [0.15, 0.2) is 0 Å². The third kappa shape index (κ3) is 5.07. The average Bonchev–Trinajstić information content (AvgIpc) is 3.30. The van der Waals surface area contributed by atoms with Crippen molar-refractivity contribution in [2.75, 3.05) is 18.5 Å². The van der Waals surface area contributed by atoms with Gasteiger partial charge in [0, 0.05) is 17.8 Å². The van der Waals surface area contributed by atoms with Crippen molar-refractivity contribution in [1.82, 2.24) is 10.6 Å². The van der Waals surface area contributed by atoms with Crippen LogP contribution in [-0.4, -0.2) is 31.4 Å². The lowest BCUT2D eigenvalue weighted by Crippen LogP contribution is -2.47. The molecule has 1 aliphatic heterocycles. The van der Waals surface area contributed by atoms with E-state index >= 15 is 0 Å². The van der Waals surface area contributed by atoms with Gasteiger partial charge < -0.3 is 20.3 Å². The highest BCUT2D eigenvalue weighted by atomic mass is 16.5. The molecular formula is C27H29N3O3. The Balaban J connectivity index is 1.65. The van der Waals surface area contributed by atoms with Crippen LogP contribution < -0.4 is 20.3 Å². The molecule has 0 fully saturated rings. The van der Waals surface area contributed by atoms with Crippen LogP contribution >= 0.6 is 0 Å². The minimum absolute atomic E-state index is 0.174. The second kappa shape index (κ2) is 10.3. The molecule has 0 saturated heterocycles. The lowest BCUT2D eigenvalue weighted by Gasteiger charge is -2.27. The van der Waals surface area contributed by atoms with Crippen molar-refractivity contribution in [2.45, 2.75) is 32.0 Å². The number of fused-ring (bicyclic) bond motifs is 1. The van der Waals surface area contributed by atoms with Crippen molar-refractivity contribution in [3.05, 3.63) is 95.6 Å². The Hall–Kier alpha value is -3.64. The van der Waals surface area contributed by atoms with E-state index in [4.69, 9.17) is 4.74 Å². The number of ether oxygens (including phenoxy) is 1. The summed E-state index contributed by atoms with van der Waals surface area (Å²) in [5.74, 6) is 0.151. The van der Waals surface area contributed by atoms with Gasteiger partial charge in [0.25, 0.3) is 5.91 Å². The second-order valence-electron chi connectivity index (χ2n) is 8.13. The summed E-state index contributed by atoms with van der Waals surface area (Å²) in [6.45, 7) is 2.71. The number of carbonyl (C=O) groups excluding carboxylic acids is 2. The molecule has 0 spiro atoms. The zero-order valence-corrected chi connectivity index (χ0v) is 19.0. The molecule has 33 heavy (non-hydrogen) atoms. The Labute approximate surface area is 194 Å². The SMILES string of the molecule is CNC(C)C(=O)NC(C(=O)N1CCc2ccccc21)c1ccccc1OCc1ccccc1. The first-order valence-electron chi connectivity index (χ1n) is 11.2. The molecule has 0 aromatic heterocycles. The van der Waals surface area contributed by atoms with Crippen LogP contribution in [0, 0.1) is 0 Å². The van der Waals surface area contributed by atoms with Gasteiger partial charge in [-0.25, -0.2) is 0 Å². The fourth-order valence-corrected chi connectivity index (χ4v) is 3.98. The number of nitrogens with zero attached hydrogens (tertiary/aromatic N) is 1. The lowest BCUT2D eigenvalue weighted by molar-refractivity contribution is -0.128. The number of likely N-dealkylation sites (N-methyl/N-ethyl adjacent to an activating group) is 1. The summed E-state index contributed by atoms with van der Waals surface area (Å²) in [5, 5.41) is 5.90. The molecule has 6 nitrogen and oxygen atoms in total. The Morgan fingerprint density at radius 2 is 1.67 bits per heavy atom. The average molecular weight is 444 g/mol. The predicted octanol–water partition coefficient (Wildman–Crippen LogP) is 3.62. The highest BCUT2D eigenvalue weighted by Crippen LogP contribution is 2.33. The van der Waals surface area contributed by atoms with E-state index < -0.39 is 12.1 Å². The van der Waals surface area contributed by atoms with Crippen LogP contribution in [0.2, 0.25) is 0 Å². The van der Waals surface area contributed by atoms with Crippen molar-refractivity contribution >= 4 is 17.5 Å². The minimum Gasteiger partial charge on any atom is -0.489 e. The molecule has 4 rings (SSSR count). The molecule has 2 N–H and O–H groups in total. The van der Waals surface area contributed by atoms with E-state index in [2.05, 4.69) is 10.6 Å². The van der Waals surface area contributed by atoms with Crippen LogP contribution in [0.15, 0.2) is 78.9 Å². The van der Waals surface area contributed by atoms with Gasteiger partial charge in [-0.1, -0.05) is 66.7 Å². The van der Waals surface area contributed by atoms with Crippen LogP contribution in [0.3, 0.4) is 0 Å². The Bertz CT molecular complexity index is 1120. The zero-order chi connectivity index (χ0) is 23.2. The number of anilines is 1. The van der Waals surface area contributed by atoms with Crippen molar-refractivity contribution in [3.63, 3.8) is 0 Å². The number of nitrogens with one attached hydrogen (secondary N) is 2. The van der Waals surface area contributed by atoms with E-state index in [0.717, 1.165) is 23.2 Å². The molecule has 0 saturated carbocycles. The van der Waals surface area contributed by atoms with Crippen LogP contribution in [-0.2, 0) is 22.6 Å². The van der Waals surface area contributed by atoms with Gasteiger partial charge in [-0.3, -0.25) is 9.59 Å². The number of rotatable bonds is 8. The Morgan fingerprint density at radius 1 is 0.970 bits per heavy atom. The summed E-state index contributed by atoms with van der Waals surface area (Å²) >= 11 is 0. The van der Waals surface area contributed by atoms with Gasteiger partial charge in [-0.15, -0.1) is 0 Å². The third-order valence-corrected chi connectivity index (χ3v) is 5.98. The van der Waals surface area contributed by atoms with Crippen molar-refractivity contribution in [3.8, 4) is 5.75 Å². The Morgan fingerprint density at radius 3 is 2.45 bits per heavy atom. The standard InChI is InChI=1S/C27H29N3O3/c1-19(28-2)26(31)29-25(27(32)30-17-16-21-12-6-8-14-23(21)30)22-13-7-9-15-24(22)33-18-20-10-4-3-5-11-20/h3-15,19,25,28H,16-18H2,1-2H3,(H,29,31). The summed E-state index contributed by atoms with van der Waals surface area (Å²) in [6, 6.07) is 23.8. The quantitative estimate of drug-likeness (QED) is 0.558. The molecule has 2 unspecified atom stereocenters. The number of hydrogen-bond acceptors (Lipinski definition) is 4. The fourth-order valence-electron chi connectivity index (χ4n) is 3.98. The predicted molar refractivity (Wildman–Crippen MR) is 129 cm³/mol. The van der Waals surface area contributed by atoms with Gasteiger partial charge in [-0.05, 0) is 43.7 Å². The van der Waals surface area contributed by atoms with Gasteiger partial charge >= 0.3 is 0 Å². The van der Waals surface area contributed by atoms with Crippen molar-refractivity contribution in [1.29, 1.82) is 0 Å². The maximum atomic E-state index is 13.8. The minimum atomic E-state index is -0.869. The van der Waals surface area contributed by atoms with Gasteiger partial charge in [0.1, 0.15) is 18.4 Å². The smallest absolute Gasteiger partial charge is 0.254 e. The maximum absolute atomic E-state index is 13.8. The summed E-state index contributed by atoms with van der Waals surface area (Å²) in [7, 11) is 1.72. The number of amides is 2. The molecule has 1 heterocycles. The molecule has 170 valence electrons. The summed E-state index contributed by atoms with van der Waals surface area (Å²) in [6.07, 6.45) is 0.793. The van der Waals surface area contributed by atoms with Crippen LogP contribution in [0.4, 0.5) is 5.69 Å². The first-order valence-corrected chi connectivity index (χ1v) is 11.2. The largest absolute Gasteiger partial charge is 0.489 e. The molecule has 0 radical (unpaired) electrons. The number of para-hydroxylation sites is 2. The molecule has 2 atom stereocenters. The number of hydrogen-bond donors (Lipinski definition) is 2. The monoisotopic (exact) mass is 443 g/mol. The lowest BCUT2D eigenvalue weighted by atomic mass is 10.0. The number of carbonyl (C=O) groups is 2. The first-order chi connectivity index (χ1) is 16.1. The van der Waals surface area contributed by atoms with E-state index in [1.807, 2.05) is 78.9 Å². The van der Waals surface area contributed by atoms with Gasteiger partial charge in [0.05, 0.1) is 6.04 Å². The summed E-state index contributed by atoms with van der Waals surface area (Å²) in [4.78, 5) is 28.4. The molecule has 0 aliphatic carbocycles. The molecular weight excluding hydrogens is 414 g/mol. The molecule has 3 aromatic rings. The fraction of sp³-hybridized carbons (Fsp3) is 0.259. The van der Waals surface area contributed by atoms with E-state index in [1.54, 1.807) is 18.9 Å². The molecule has 3 aromatic carbocycles. The third-order valence-electron chi connectivity index (χ3n) is 5.98. The van der Waals surface area contributed by atoms with E-state index in [1.165, 1.54) is 0 Å². The summed E-state index contributed by atoms with van der Waals surface area (Å²) in [5.41, 5.74) is 3.69. The highest BCUT2D eigenvalue weighted by molar-refractivity contribution is 6.02. The molecule has 1 aliphatic rings. The topological polar surface area (TPSA) is 70.7 Å². The summed E-state index contributed by atoms with van der Waals surface area (Å²) < 4.78 is 6.12. The van der Waals surface area contributed by atoms with Crippen LogP contribution in [0.25, 0.3) is 0 Å². The second-order valence-corrected chi connectivity index (χ2v) is 8.13. The van der Waals surface area contributed by atoms with Crippen molar-refractivity contribution < 1.29 is 14.3 Å². The molecule has 6 heteroatoms. The first kappa shape index (κ1) is 22.6. The van der Waals surface area contributed by atoms with E-state index in [9.17, 15) is 9.59 Å². The Kier molecular flexibility index (Phi) is 7.05. The van der Waals surface area contributed by atoms with E-state index in [0.29, 0.717) is 24.5 Å². The normalized spacial score (nSPS) is 14.3. The molecule has 0 bridgehead atoms. The zero-order valence-electron chi connectivity index (χ0n) is 19.0. The van der Waals surface area contributed by atoms with E-state index in [-0.39, 0.29) is 11.8 Å². The van der Waals surface area contributed by atoms with Gasteiger partial charge in [-0.2, -0.15) is 0 Å². The van der Waals surface area contributed by atoms with Crippen LogP contribution in [0.5, 0.6) is 5.75 Å². The van der Waals surface area contributed by atoms with Crippen molar-refractivity contribution in [2.24, 2.45) is 0 Å². The highest BCUT2D eigenvalue weighted by Gasteiger charge is 2.34. The van der Waals surface area contributed by atoms with Crippen LogP contribution in [0.1, 0.15) is 29.7 Å².